The summed E-state index contributed by atoms with van der Waals surface area (Å²) in [6, 6.07) is 20.8. The first-order chi connectivity index (χ1) is 15.3. The van der Waals surface area contributed by atoms with Crippen LogP contribution in [0.15, 0.2) is 83.4 Å². The molecule has 0 saturated carbocycles. The summed E-state index contributed by atoms with van der Waals surface area (Å²) in [5.41, 5.74) is 3.24. The number of carbonyl (C=O) groups is 2. The van der Waals surface area contributed by atoms with Crippen LogP contribution < -0.4 is 0 Å². The number of carbonyl (C=O) groups excluding carboxylic acids is 2. The maximum atomic E-state index is 13.3. The Balaban J connectivity index is 1.72. The molecule has 2 heterocycles. The predicted molar refractivity (Wildman–Crippen MR) is 128 cm³/mol. The molecule has 1 N–H and O–H groups in total. The first-order valence-corrected chi connectivity index (χ1v) is 11.6. The Morgan fingerprint density at radius 3 is 2.28 bits per heavy atom. The Morgan fingerprint density at radius 1 is 1.00 bits per heavy atom. The van der Waals surface area contributed by atoms with Crippen LogP contribution in [-0.2, 0) is 16.6 Å². The first-order valence-electron chi connectivity index (χ1n) is 10.7. The van der Waals surface area contributed by atoms with E-state index in [2.05, 4.69) is 20.8 Å². The fraction of sp³-hybridized carbons (Fsp3) is 0.259. The zero-order chi connectivity index (χ0) is 22.9. The number of thiophene rings is 1. The summed E-state index contributed by atoms with van der Waals surface area (Å²) in [7, 11) is 0. The Kier molecular flexibility index (Phi) is 6.02. The molecule has 1 unspecified atom stereocenters. The van der Waals surface area contributed by atoms with E-state index in [1.807, 2.05) is 60.0 Å². The second-order valence-corrected chi connectivity index (χ2v) is 10.0. The average Bonchev–Trinajstić information content (AvgIpc) is 3.40. The normalized spacial score (nSPS) is 16.7. The maximum absolute atomic E-state index is 13.3. The molecule has 1 aliphatic heterocycles. The number of nitrogens with zero attached hydrogens (tertiary/aromatic N) is 1. The molecule has 1 aromatic heterocycles. The van der Waals surface area contributed by atoms with E-state index in [-0.39, 0.29) is 16.8 Å². The molecule has 4 rings (SSSR count). The van der Waals surface area contributed by atoms with Crippen molar-refractivity contribution in [3.8, 4) is 0 Å². The Bertz CT molecular complexity index is 1140. The van der Waals surface area contributed by atoms with Crippen LogP contribution in [0.1, 0.15) is 53.2 Å². The highest BCUT2D eigenvalue weighted by molar-refractivity contribution is 7.12. The quantitative estimate of drug-likeness (QED) is 0.483. The van der Waals surface area contributed by atoms with E-state index in [0.717, 1.165) is 11.1 Å². The molecule has 5 heteroatoms. The number of aliphatic hydroxyl groups excluding tert-OH is 1. The first kappa shape index (κ1) is 22.0. The Morgan fingerprint density at radius 2 is 1.69 bits per heavy atom. The average molecular weight is 446 g/mol. The molecular formula is C27H27NO3S. The minimum atomic E-state index is -0.616. The zero-order valence-electron chi connectivity index (χ0n) is 18.5. The van der Waals surface area contributed by atoms with Gasteiger partial charge in [0.25, 0.3) is 5.91 Å². The van der Waals surface area contributed by atoms with Gasteiger partial charge in [-0.2, -0.15) is 0 Å². The van der Waals surface area contributed by atoms with Gasteiger partial charge in [0.2, 0.25) is 5.78 Å². The third kappa shape index (κ3) is 4.26. The number of hydrogen-bond donors (Lipinski definition) is 1. The van der Waals surface area contributed by atoms with E-state index in [4.69, 9.17) is 0 Å². The zero-order valence-corrected chi connectivity index (χ0v) is 19.4. The van der Waals surface area contributed by atoms with Gasteiger partial charge in [-0.3, -0.25) is 9.59 Å². The molecule has 0 aliphatic carbocycles. The third-order valence-electron chi connectivity index (χ3n) is 5.87. The van der Waals surface area contributed by atoms with Crippen LogP contribution in [0.25, 0.3) is 0 Å². The Hall–Kier alpha value is -3.18. The van der Waals surface area contributed by atoms with Gasteiger partial charge in [-0.1, -0.05) is 81.4 Å². The van der Waals surface area contributed by atoms with Crippen molar-refractivity contribution in [2.45, 2.75) is 38.6 Å². The van der Waals surface area contributed by atoms with E-state index in [9.17, 15) is 14.7 Å². The minimum Gasteiger partial charge on any atom is -0.503 e. The lowest BCUT2D eigenvalue weighted by Gasteiger charge is -2.28. The van der Waals surface area contributed by atoms with E-state index in [1.165, 1.54) is 16.9 Å². The molecular weight excluding hydrogens is 418 g/mol. The lowest BCUT2D eigenvalue weighted by atomic mass is 9.85. The summed E-state index contributed by atoms with van der Waals surface area (Å²) >= 11 is 1.31. The summed E-state index contributed by atoms with van der Waals surface area (Å²) in [6.45, 7) is 6.83. The van der Waals surface area contributed by atoms with Crippen LogP contribution in [0.3, 0.4) is 0 Å². The molecule has 3 aromatic rings. The number of hydrogen-bond acceptors (Lipinski definition) is 4. The highest BCUT2D eigenvalue weighted by Gasteiger charge is 2.43. The van der Waals surface area contributed by atoms with Crippen molar-refractivity contribution < 1.29 is 14.7 Å². The maximum Gasteiger partial charge on any atom is 0.290 e. The van der Waals surface area contributed by atoms with Crippen molar-refractivity contribution in [3.05, 3.63) is 105 Å². The van der Waals surface area contributed by atoms with Gasteiger partial charge >= 0.3 is 0 Å². The molecule has 0 radical (unpaired) electrons. The van der Waals surface area contributed by atoms with Crippen LogP contribution in [0.4, 0.5) is 0 Å². The number of rotatable bonds is 6. The number of ketones is 1. The van der Waals surface area contributed by atoms with Crippen molar-refractivity contribution in [1.82, 2.24) is 4.90 Å². The molecule has 1 aliphatic rings. The molecule has 0 bridgehead atoms. The number of benzene rings is 2. The van der Waals surface area contributed by atoms with Crippen molar-refractivity contribution in [3.63, 3.8) is 0 Å². The second kappa shape index (κ2) is 8.75. The molecule has 0 fully saturated rings. The largest absolute Gasteiger partial charge is 0.503 e. The molecule has 2 aromatic carbocycles. The summed E-state index contributed by atoms with van der Waals surface area (Å²) in [4.78, 5) is 28.5. The summed E-state index contributed by atoms with van der Waals surface area (Å²) in [5.74, 6) is -1.23. The highest BCUT2D eigenvalue weighted by Crippen LogP contribution is 2.40. The molecule has 1 atom stereocenters. The number of amides is 1. The molecule has 4 nitrogen and oxygen atoms in total. The van der Waals surface area contributed by atoms with Gasteiger partial charge in [0.1, 0.15) is 0 Å². The highest BCUT2D eigenvalue weighted by atomic mass is 32.1. The molecule has 164 valence electrons. The van der Waals surface area contributed by atoms with Gasteiger partial charge in [0.15, 0.2) is 5.76 Å². The summed E-state index contributed by atoms with van der Waals surface area (Å²) in [6.07, 6.45) is 0.636. The predicted octanol–water partition coefficient (Wildman–Crippen LogP) is 5.87. The standard InChI is InChI=1S/C27H27NO3S/c1-27(2,3)20-13-11-19(12-14-20)23-22(24(29)21-10-7-17-32-21)25(30)26(31)28(23)16-15-18-8-5-4-6-9-18/h4-14,17,23,30H,15-16H2,1-3H3. The van der Waals surface area contributed by atoms with Crippen LogP contribution in [0.2, 0.25) is 0 Å². The smallest absolute Gasteiger partial charge is 0.290 e. The van der Waals surface area contributed by atoms with Gasteiger partial charge in [0, 0.05) is 6.54 Å². The van der Waals surface area contributed by atoms with E-state index < -0.39 is 17.7 Å². The molecule has 0 saturated heterocycles. The summed E-state index contributed by atoms with van der Waals surface area (Å²) < 4.78 is 0. The van der Waals surface area contributed by atoms with Gasteiger partial charge in [-0.25, -0.2) is 0 Å². The fourth-order valence-corrected chi connectivity index (χ4v) is 4.74. The van der Waals surface area contributed by atoms with Gasteiger partial charge in [0.05, 0.1) is 16.5 Å². The van der Waals surface area contributed by atoms with Gasteiger partial charge < -0.3 is 10.0 Å². The second-order valence-electron chi connectivity index (χ2n) is 9.08. The van der Waals surface area contributed by atoms with Crippen LogP contribution in [-0.4, -0.2) is 28.2 Å². The number of aliphatic hydroxyl groups is 1. The lowest BCUT2D eigenvalue weighted by Crippen LogP contribution is -2.33. The lowest BCUT2D eigenvalue weighted by molar-refractivity contribution is -0.129. The molecule has 32 heavy (non-hydrogen) atoms. The fourth-order valence-electron chi connectivity index (χ4n) is 4.06. The van der Waals surface area contributed by atoms with Crippen LogP contribution >= 0.6 is 11.3 Å². The van der Waals surface area contributed by atoms with Crippen molar-refractivity contribution in [2.24, 2.45) is 0 Å². The van der Waals surface area contributed by atoms with Crippen LogP contribution in [0, 0.1) is 0 Å². The Labute approximate surface area is 192 Å². The summed E-state index contributed by atoms with van der Waals surface area (Å²) in [5, 5.41) is 12.6. The monoisotopic (exact) mass is 445 g/mol. The third-order valence-corrected chi connectivity index (χ3v) is 6.74. The van der Waals surface area contributed by atoms with Crippen LogP contribution in [0.5, 0.6) is 0 Å². The van der Waals surface area contributed by atoms with E-state index >= 15 is 0 Å². The number of Topliss-reactive ketones (excluding diaryl/α,β-unsaturated/α-hetero) is 1. The SMILES string of the molecule is CC(C)(C)c1ccc(C2C(C(=O)c3cccs3)=C(O)C(=O)N2CCc2ccccc2)cc1. The molecule has 0 spiro atoms. The van der Waals surface area contributed by atoms with Gasteiger partial charge in [-0.15, -0.1) is 11.3 Å². The van der Waals surface area contributed by atoms with Crippen molar-refractivity contribution >= 4 is 23.0 Å². The van der Waals surface area contributed by atoms with Crippen molar-refractivity contribution in [2.75, 3.05) is 6.54 Å². The van der Waals surface area contributed by atoms with E-state index in [1.54, 1.807) is 17.0 Å². The topological polar surface area (TPSA) is 57.6 Å². The molecule has 1 amide bonds. The van der Waals surface area contributed by atoms with E-state index in [0.29, 0.717) is 17.8 Å². The minimum absolute atomic E-state index is 0.00931. The van der Waals surface area contributed by atoms with Gasteiger partial charge in [-0.05, 0) is 40.0 Å². The van der Waals surface area contributed by atoms with Crippen molar-refractivity contribution in [1.29, 1.82) is 0 Å².